The van der Waals surface area contributed by atoms with E-state index in [1.54, 1.807) is 0 Å². The van der Waals surface area contributed by atoms with Crippen LogP contribution < -0.4 is 0 Å². The van der Waals surface area contributed by atoms with E-state index >= 15 is 0 Å². The van der Waals surface area contributed by atoms with Gasteiger partial charge < -0.3 is 14.6 Å². The average molecular weight is 195 g/mol. The molecular formula is C8H9N3O3. The molecule has 0 unspecified atom stereocenters. The SMILES string of the molecule is C#C[C@H]1[C@H](O)[C@@H](N=[N+]=[N-])[C@@H]2OC[C@H]1O2. The van der Waals surface area contributed by atoms with E-state index in [1.807, 2.05) is 0 Å². The summed E-state index contributed by atoms with van der Waals surface area (Å²) in [4.78, 5) is 2.63. The highest BCUT2D eigenvalue weighted by atomic mass is 16.7. The van der Waals surface area contributed by atoms with Crippen molar-refractivity contribution in [3.05, 3.63) is 10.4 Å². The van der Waals surface area contributed by atoms with Gasteiger partial charge in [-0.3, -0.25) is 0 Å². The van der Waals surface area contributed by atoms with E-state index in [0.29, 0.717) is 6.61 Å². The van der Waals surface area contributed by atoms with Gasteiger partial charge in [0, 0.05) is 4.91 Å². The Kier molecular flexibility index (Phi) is 2.32. The molecule has 0 aromatic carbocycles. The van der Waals surface area contributed by atoms with Crippen molar-refractivity contribution < 1.29 is 14.6 Å². The minimum Gasteiger partial charge on any atom is -0.391 e. The highest BCUT2D eigenvalue weighted by Crippen LogP contribution is 2.33. The number of hydrogen-bond acceptors (Lipinski definition) is 4. The van der Waals surface area contributed by atoms with Gasteiger partial charge in [0.25, 0.3) is 0 Å². The lowest BCUT2D eigenvalue weighted by Crippen LogP contribution is -2.48. The van der Waals surface area contributed by atoms with Gasteiger partial charge in [-0.2, -0.15) is 0 Å². The summed E-state index contributed by atoms with van der Waals surface area (Å²) >= 11 is 0. The average Bonchev–Trinajstić information content (AvgIpc) is 2.59. The summed E-state index contributed by atoms with van der Waals surface area (Å²) in [5.74, 6) is 1.96. The van der Waals surface area contributed by atoms with Crippen LogP contribution in [0.15, 0.2) is 5.11 Å². The maximum absolute atomic E-state index is 9.77. The first-order valence-electron chi connectivity index (χ1n) is 4.23. The minimum atomic E-state index is -0.887. The summed E-state index contributed by atoms with van der Waals surface area (Å²) in [5.41, 5.74) is 8.31. The second-order valence-corrected chi connectivity index (χ2v) is 3.25. The van der Waals surface area contributed by atoms with E-state index < -0.39 is 24.4 Å². The molecule has 2 aliphatic rings. The van der Waals surface area contributed by atoms with Crippen LogP contribution in [-0.2, 0) is 9.47 Å². The standard InChI is InChI=1S/C8H9N3O3/c1-2-4-5-3-13-8(14-5)6(7(4)12)10-11-9/h1,4-8,12H,3H2/t4-,5-,6-,7+,8-/m1/s1. The first kappa shape index (κ1) is 9.31. The summed E-state index contributed by atoms with van der Waals surface area (Å²) in [6.45, 7) is 0.341. The van der Waals surface area contributed by atoms with E-state index in [1.165, 1.54) is 0 Å². The summed E-state index contributed by atoms with van der Waals surface area (Å²) in [6, 6.07) is -0.750. The first-order chi connectivity index (χ1) is 6.77. The molecule has 74 valence electrons. The summed E-state index contributed by atoms with van der Waals surface area (Å²) in [6.07, 6.45) is 3.43. The van der Waals surface area contributed by atoms with Crippen LogP contribution in [0.5, 0.6) is 0 Å². The van der Waals surface area contributed by atoms with Gasteiger partial charge in [0.15, 0.2) is 6.29 Å². The van der Waals surface area contributed by atoms with Crippen LogP contribution in [0.25, 0.3) is 10.4 Å². The second-order valence-electron chi connectivity index (χ2n) is 3.25. The zero-order valence-electron chi connectivity index (χ0n) is 7.28. The Hall–Kier alpha value is -1.25. The topological polar surface area (TPSA) is 87.5 Å². The molecule has 6 nitrogen and oxygen atoms in total. The molecule has 2 rings (SSSR count). The Morgan fingerprint density at radius 2 is 2.43 bits per heavy atom. The number of hydrogen-bond donors (Lipinski definition) is 1. The van der Waals surface area contributed by atoms with E-state index in [4.69, 9.17) is 21.4 Å². The Morgan fingerprint density at radius 3 is 3.07 bits per heavy atom. The zero-order valence-corrected chi connectivity index (χ0v) is 7.28. The Balaban J connectivity index is 2.26. The molecule has 0 aliphatic carbocycles. The molecule has 0 amide bonds. The minimum absolute atomic E-state index is 0.287. The van der Waals surface area contributed by atoms with Gasteiger partial charge in [-0.25, -0.2) is 0 Å². The number of terminal acetylenes is 1. The molecule has 0 spiro atoms. The van der Waals surface area contributed by atoms with Crippen molar-refractivity contribution >= 4 is 0 Å². The predicted octanol–water partition coefficient (Wildman–Crippen LogP) is 0.0307. The molecule has 1 N–H and O–H groups in total. The smallest absolute Gasteiger partial charge is 0.169 e. The number of nitrogens with zero attached hydrogens (tertiary/aromatic N) is 3. The fourth-order valence-corrected chi connectivity index (χ4v) is 1.79. The number of rotatable bonds is 1. The number of fused-ring (bicyclic) bond motifs is 2. The number of aliphatic hydroxyl groups is 1. The number of aliphatic hydroxyl groups excluding tert-OH is 1. The number of azide groups is 1. The van der Waals surface area contributed by atoms with Gasteiger partial charge in [-0.1, -0.05) is 11.0 Å². The van der Waals surface area contributed by atoms with Crippen LogP contribution in [-0.4, -0.2) is 36.3 Å². The van der Waals surface area contributed by atoms with Crippen LogP contribution in [0, 0.1) is 18.3 Å². The van der Waals surface area contributed by atoms with Gasteiger partial charge in [-0.05, 0) is 5.53 Å². The van der Waals surface area contributed by atoms with E-state index in [2.05, 4.69) is 15.9 Å². The normalized spacial score (nSPS) is 45.3. The lowest BCUT2D eigenvalue weighted by atomic mass is 9.90. The quantitative estimate of drug-likeness (QED) is 0.277. The third-order valence-corrected chi connectivity index (χ3v) is 2.51. The molecule has 2 saturated heterocycles. The molecule has 0 aromatic heterocycles. The van der Waals surface area contributed by atoms with E-state index in [-0.39, 0.29) is 6.10 Å². The third kappa shape index (κ3) is 1.24. The molecule has 5 atom stereocenters. The van der Waals surface area contributed by atoms with Crippen molar-refractivity contribution in [1.29, 1.82) is 0 Å². The Morgan fingerprint density at radius 1 is 1.64 bits per heavy atom. The third-order valence-electron chi connectivity index (χ3n) is 2.51. The molecule has 14 heavy (non-hydrogen) atoms. The molecule has 2 bridgehead atoms. The Labute approximate surface area is 80.4 Å². The lowest BCUT2D eigenvalue weighted by molar-refractivity contribution is -0.144. The van der Waals surface area contributed by atoms with Gasteiger partial charge in [-0.15, -0.1) is 6.42 Å². The summed E-state index contributed by atoms with van der Waals surface area (Å²) < 4.78 is 10.5. The highest BCUT2D eigenvalue weighted by Gasteiger charge is 2.49. The molecule has 0 saturated carbocycles. The van der Waals surface area contributed by atoms with Crippen LogP contribution >= 0.6 is 0 Å². The molecule has 0 aromatic rings. The van der Waals surface area contributed by atoms with Crippen molar-refractivity contribution in [2.45, 2.75) is 24.5 Å². The summed E-state index contributed by atoms with van der Waals surface area (Å²) in [5, 5.41) is 13.2. The van der Waals surface area contributed by atoms with Crippen molar-refractivity contribution in [1.82, 2.24) is 0 Å². The molecule has 2 aliphatic heterocycles. The predicted molar refractivity (Wildman–Crippen MR) is 45.9 cm³/mol. The monoisotopic (exact) mass is 195 g/mol. The zero-order chi connectivity index (χ0) is 10.1. The van der Waals surface area contributed by atoms with Gasteiger partial charge >= 0.3 is 0 Å². The number of ether oxygens (including phenoxy) is 2. The Bertz CT molecular complexity index is 320. The van der Waals surface area contributed by atoms with Crippen molar-refractivity contribution in [2.24, 2.45) is 11.0 Å². The van der Waals surface area contributed by atoms with Crippen molar-refractivity contribution in [3.8, 4) is 12.3 Å². The largest absolute Gasteiger partial charge is 0.391 e. The molecule has 6 heteroatoms. The highest BCUT2D eigenvalue weighted by molar-refractivity contribution is 5.09. The van der Waals surface area contributed by atoms with Crippen LogP contribution in [0.2, 0.25) is 0 Å². The molecular weight excluding hydrogens is 186 g/mol. The van der Waals surface area contributed by atoms with Crippen LogP contribution in [0.4, 0.5) is 0 Å². The van der Waals surface area contributed by atoms with E-state index in [9.17, 15) is 5.11 Å². The maximum atomic E-state index is 9.77. The maximum Gasteiger partial charge on any atom is 0.169 e. The van der Waals surface area contributed by atoms with Crippen molar-refractivity contribution in [3.63, 3.8) is 0 Å². The van der Waals surface area contributed by atoms with E-state index in [0.717, 1.165) is 0 Å². The van der Waals surface area contributed by atoms with Crippen molar-refractivity contribution in [2.75, 3.05) is 6.61 Å². The van der Waals surface area contributed by atoms with Gasteiger partial charge in [0.05, 0.1) is 18.6 Å². The van der Waals surface area contributed by atoms with Gasteiger partial charge in [0.1, 0.15) is 12.1 Å². The molecule has 2 fully saturated rings. The fourth-order valence-electron chi connectivity index (χ4n) is 1.79. The molecule has 0 radical (unpaired) electrons. The van der Waals surface area contributed by atoms with Crippen LogP contribution in [0.3, 0.4) is 0 Å². The summed E-state index contributed by atoms with van der Waals surface area (Å²) in [7, 11) is 0. The lowest BCUT2D eigenvalue weighted by Gasteiger charge is -2.33. The fraction of sp³-hybridized carbons (Fsp3) is 0.750. The first-order valence-corrected chi connectivity index (χ1v) is 4.23. The van der Waals surface area contributed by atoms with Crippen LogP contribution in [0.1, 0.15) is 0 Å². The van der Waals surface area contributed by atoms with Gasteiger partial charge in [0.2, 0.25) is 0 Å². The molecule has 2 heterocycles. The second kappa shape index (κ2) is 3.48.